The van der Waals surface area contributed by atoms with Gasteiger partial charge in [0.2, 0.25) is 0 Å². The predicted octanol–water partition coefficient (Wildman–Crippen LogP) is 3.28. The van der Waals surface area contributed by atoms with E-state index < -0.39 is 29.8 Å². The van der Waals surface area contributed by atoms with Gasteiger partial charge in [-0.25, -0.2) is 0 Å². The molecular formula is C26H22BNO7. The molecule has 0 amide bonds. The van der Waals surface area contributed by atoms with E-state index in [1.54, 1.807) is 19.1 Å². The Bertz CT molecular complexity index is 1620. The number of hydrogen-bond acceptors (Lipinski definition) is 7. The topological polar surface area (TPSA) is 147 Å². The van der Waals surface area contributed by atoms with Crippen LogP contribution in [-0.4, -0.2) is 47.3 Å². The molecule has 9 heteroatoms. The molecule has 35 heavy (non-hydrogen) atoms. The van der Waals surface area contributed by atoms with Gasteiger partial charge in [0.05, 0.1) is 21.8 Å². The van der Waals surface area contributed by atoms with Gasteiger partial charge in [0, 0.05) is 16.8 Å². The second-order valence-electron chi connectivity index (χ2n) is 8.48. The molecule has 8 nitrogen and oxygen atoms in total. The van der Waals surface area contributed by atoms with Crippen molar-refractivity contribution in [1.29, 1.82) is 0 Å². The molecule has 0 bridgehead atoms. The van der Waals surface area contributed by atoms with Crippen LogP contribution in [0, 0.1) is 13.8 Å². The quantitative estimate of drug-likeness (QED) is 0.121. The molecule has 0 fully saturated rings. The molecule has 0 saturated heterocycles. The van der Waals surface area contributed by atoms with E-state index >= 15 is 0 Å². The molecule has 1 heterocycles. The van der Waals surface area contributed by atoms with Crippen molar-refractivity contribution in [2.75, 3.05) is 0 Å². The molecule has 0 atom stereocenters. The highest BCUT2D eigenvalue weighted by Crippen LogP contribution is 2.51. The first-order valence-electron chi connectivity index (χ1n) is 10.8. The third-order valence-electron chi connectivity index (χ3n) is 6.51. The van der Waals surface area contributed by atoms with Gasteiger partial charge < -0.3 is 40.1 Å². The van der Waals surface area contributed by atoms with E-state index in [1.807, 2.05) is 42.5 Å². The van der Waals surface area contributed by atoms with Crippen molar-refractivity contribution in [3.05, 3.63) is 65.7 Å². The zero-order chi connectivity index (χ0) is 25.2. The van der Waals surface area contributed by atoms with Crippen molar-refractivity contribution < 1.29 is 35.6 Å². The minimum absolute atomic E-state index is 0.0738. The Morgan fingerprint density at radius 2 is 1.14 bits per heavy atom. The Morgan fingerprint density at radius 1 is 0.571 bits per heavy atom. The van der Waals surface area contributed by atoms with E-state index in [0.717, 1.165) is 11.1 Å². The first kappa shape index (κ1) is 22.5. The second kappa shape index (κ2) is 7.87. The Morgan fingerprint density at radius 3 is 1.74 bits per heavy atom. The highest BCUT2D eigenvalue weighted by atomic mass is 16.4. The van der Waals surface area contributed by atoms with Gasteiger partial charge in [-0.15, -0.1) is 0 Å². The van der Waals surface area contributed by atoms with Crippen molar-refractivity contribution in [3.63, 3.8) is 0 Å². The Labute approximate surface area is 200 Å². The van der Waals surface area contributed by atoms with Crippen molar-refractivity contribution in [3.8, 4) is 45.6 Å². The summed E-state index contributed by atoms with van der Waals surface area (Å²) in [5.41, 5.74) is 2.41. The van der Waals surface area contributed by atoms with Crippen molar-refractivity contribution in [1.82, 2.24) is 4.57 Å². The summed E-state index contributed by atoms with van der Waals surface area (Å²) < 4.78 is 1.50. The summed E-state index contributed by atoms with van der Waals surface area (Å²) in [6.07, 6.45) is 0. The fourth-order valence-corrected chi connectivity index (χ4v) is 4.73. The number of aromatic nitrogens is 1. The number of benzene rings is 4. The van der Waals surface area contributed by atoms with Gasteiger partial charge in [-0.3, -0.25) is 0 Å². The standard InChI is InChI=1S/C26H22BNO7/c1-12-20-17(23(30)13(2)22(12)29)18-21(26(33)25(32)19(24(18)31)27(34)35)28(20)16-10-8-15(9-11-16)14-6-4-3-5-7-14/h3-11,29-35H,1-2H3. The van der Waals surface area contributed by atoms with Crippen LogP contribution in [-0.2, 0) is 0 Å². The average molecular weight is 471 g/mol. The van der Waals surface area contributed by atoms with Crippen LogP contribution in [0.1, 0.15) is 11.1 Å². The number of nitrogens with zero attached hydrogens (tertiary/aromatic N) is 1. The van der Waals surface area contributed by atoms with Gasteiger partial charge in [0.1, 0.15) is 22.8 Å². The molecule has 1 aromatic heterocycles. The minimum atomic E-state index is -2.30. The second-order valence-corrected chi connectivity index (χ2v) is 8.48. The first-order chi connectivity index (χ1) is 16.6. The van der Waals surface area contributed by atoms with E-state index in [-0.39, 0.29) is 38.9 Å². The molecule has 0 saturated carbocycles. The van der Waals surface area contributed by atoms with Crippen molar-refractivity contribution in [2.24, 2.45) is 0 Å². The lowest BCUT2D eigenvalue weighted by Gasteiger charge is -2.14. The number of hydrogen-bond donors (Lipinski definition) is 7. The molecule has 0 spiro atoms. The lowest BCUT2D eigenvalue weighted by atomic mass is 9.77. The molecular weight excluding hydrogens is 449 g/mol. The molecule has 0 aliphatic carbocycles. The van der Waals surface area contributed by atoms with Crippen LogP contribution in [0.25, 0.3) is 38.6 Å². The maximum Gasteiger partial charge on any atom is 0.496 e. The number of rotatable bonds is 3. The minimum Gasteiger partial charge on any atom is -0.507 e. The average Bonchev–Trinajstić information content (AvgIpc) is 3.22. The molecule has 0 unspecified atom stereocenters. The number of phenolic OH excluding ortho intramolecular Hbond substituents is 5. The molecule has 176 valence electrons. The maximum atomic E-state index is 11.0. The van der Waals surface area contributed by atoms with Gasteiger partial charge in [0.15, 0.2) is 11.5 Å². The molecule has 7 N–H and O–H groups in total. The Kier molecular flexibility index (Phi) is 5.05. The zero-order valence-electron chi connectivity index (χ0n) is 18.9. The highest BCUT2D eigenvalue weighted by molar-refractivity contribution is 6.62. The van der Waals surface area contributed by atoms with Crippen LogP contribution in [0.15, 0.2) is 54.6 Å². The first-order valence-corrected chi connectivity index (χ1v) is 10.8. The molecule has 4 aromatic carbocycles. The number of phenols is 5. The molecule has 0 aliphatic heterocycles. The van der Waals surface area contributed by atoms with Gasteiger partial charge in [-0.2, -0.15) is 0 Å². The van der Waals surface area contributed by atoms with Crippen molar-refractivity contribution in [2.45, 2.75) is 13.8 Å². The smallest absolute Gasteiger partial charge is 0.496 e. The van der Waals surface area contributed by atoms with Crippen LogP contribution >= 0.6 is 0 Å². The third kappa shape index (κ3) is 3.09. The Hall–Kier alpha value is -4.34. The van der Waals surface area contributed by atoms with Crippen LogP contribution in [0.3, 0.4) is 0 Å². The lowest BCUT2D eigenvalue weighted by Crippen LogP contribution is -2.30. The predicted molar refractivity (Wildman–Crippen MR) is 134 cm³/mol. The van der Waals surface area contributed by atoms with Gasteiger partial charge >= 0.3 is 7.12 Å². The fourth-order valence-electron chi connectivity index (χ4n) is 4.73. The number of fused-ring (bicyclic) bond motifs is 3. The summed E-state index contributed by atoms with van der Waals surface area (Å²) in [7, 11) is -2.30. The summed E-state index contributed by atoms with van der Waals surface area (Å²) >= 11 is 0. The monoisotopic (exact) mass is 471 g/mol. The normalized spacial score (nSPS) is 11.4. The lowest BCUT2D eigenvalue weighted by molar-refractivity contribution is 0.392. The van der Waals surface area contributed by atoms with E-state index in [4.69, 9.17) is 0 Å². The van der Waals surface area contributed by atoms with Gasteiger partial charge in [-0.1, -0.05) is 42.5 Å². The highest BCUT2D eigenvalue weighted by Gasteiger charge is 2.33. The van der Waals surface area contributed by atoms with Gasteiger partial charge in [-0.05, 0) is 37.1 Å². The summed E-state index contributed by atoms with van der Waals surface area (Å²) in [6, 6.07) is 16.9. The van der Waals surface area contributed by atoms with E-state index in [1.165, 1.54) is 11.5 Å². The molecule has 5 rings (SSSR count). The molecule has 0 radical (unpaired) electrons. The molecule has 0 aliphatic rings. The summed E-state index contributed by atoms with van der Waals surface area (Å²) in [4.78, 5) is 0. The van der Waals surface area contributed by atoms with Crippen molar-refractivity contribution >= 4 is 34.4 Å². The summed E-state index contributed by atoms with van der Waals surface area (Å²) in [6.45, 7) is 3.11. The Balaban J connectivity index is 1.96. The van der Waals surface area contributed by atoms with Crippen LogP contribution < -0.4 is 5.46 Å². The zero-order valence-corrected chi connectivity index (χ0v) is 18.9. The maximum absolute atomic E-state index is 11.0. The van der Waals surface area contributed by atoms with Crippen LogP contribution in [0.2, 0.25) is 0 Å². The number of aryl methyl sites for hydroxylation is 1. The summed E-state index contributed by atoms with van der Waals surface area (Å²) in [5.74, 6) is -2.87. The largest absolute Gasteiger partial charge is 0.507 e. The fraction of sp³-hybridized carbons (Fsp3) is 0.0769. The van der Waals surface area contributed by atoms with Crippen LogP contribution in [0.4, 0.5) is 0 Å². The van der Waals surface area contributed by atoms with E-state index in [0.29, 0.717) is 11.3 Å². The van der Waals surface area contributed by atoms with E-state index in [2.05, 4.69) is 0 Å². The van der Waals surface area contributed by atoms with E-state index in [9.17, 15) is 35.6 Å². The third-order valence-corrected chi connectivity index (χ3v) is 6.51. The van der Waals surface area contributed by atoms with Gasteiger partial charge in [0.25, 0.3) is 0 Å². The molecule has 5 aromatic rings. The number of aromatic hydroxyl groups is 5. The summed E-state index contributed by atoms with van der Waals surface area (Å²) in [5, 5.41) is 73.6. The van der Waals surface area contributed by atoms with Crippen LogP contribution in [0.5, 0.6) is 28.7 Å². The SMILES string of the molecule is Cc1c(O)c(C)c2c(c1O)c1c(O)c(B(O)O)c(O)c(O)c1n2-c1ccc(-c2ccccc2)cc1.